The summed E-state index contributed by atoms with van der Waals surface area (Å²) in [6, 6.07) is 11.5. The summed E-state index contributed by atoms with van der Waals surface area (Å²) in [7, 11) is 0. The van der Waals surface area contributed by atoms with Crippen LogP contribution in [0.5, 0.6) is 17.2 Å². The first-order valence-electron chi connectivity index (χ1n) is 7.87. The fraction of sp³-hybridized carbons (Fsp3) is 0.294. The zero-order valence-electron chi connectivity index (χ0n) is 13.5. The van der Waals surface area contributed by atoms with E-state index in [-0.39, 0.29) is 19.1 Å². The highest BCUT2D eigenvalue weighted by molar-refractivity contribution is 5.44. The molecule has 132 valence electrons. The number of nitrogens with zero attached hydrogens (tertiary/aromatic N) is 1. The lowest BCUT2D eigenvalue weighted by Crippen LogP contribution is -2.85. The molecule has 0 aromatic heterocycles. The molecule has 0 unspecified atom stereocenters. The first kappa shape index (κ1) is 17.0. The number of nitro benzene ring substituents is 1. The Kier molecular flexibility index (Phi) is 5.32. The predicted octanol–water partition coefficient (Wildman–Crippen LogP) is 0.827. The molecule has 8 nitrogen and oxygen atoms in total. The molecule has 1 atom stereocenters. The summed E-state index contributed by atoms with van der Waals surface area (Å²) in [5, 5.41) is 22.5. The average Bonchev–Trinajstić information content (AvgIpc) is 3.08. The fourth-order valence-corrected chi connectivity index (χ4v) is 2.43. The number of non-ortho nitro benzene ring substituents is 1. The first-order chi connectivity index (χ1) is 12.1. The quantitative estimate of drug-likeness (QED) is 0.541. The number of hydrogen-bond donors (Lipinski definition) is 2. The molecule has 3 rings (SSSR count). The minimum atomic E-state index is -0.649. The van der Waals surface area contributed by atoms with Gasteiger partial charge in [0.2, 0.25) is 6.79 Å². The molecule has 0 saturated carbocycles. The van der Waals surface area contributed by atoms with Crippen molar-refractivity contribution in [2.75, 3.05) is 19.9 Å². The van der Waals surface area contributed by atoms with E-state index in [4.69, 9.17) is 14.2 Å². The normalized spacial score (nSPS) is 13.5. The van der Waals surface area contributed by atoms with Crippen molar-refractivity contribution in [3.05, 3.63) is 58.1 Å². The second-order valence-corrected chi connectivity index (χ2v) is 5.63. The van der Waals surface area contributed by atoms with Gasteiger partial charge in [0, 0.05) is 17.7 Å². The molecule has 1 aliphatic heterocycles. The van der Waals surface area contributed by atoms with Crippen LogP contribution in [0.2, 0.25) is 0 Å². The molecule has 8 heteroatoms. The standard InChI is InChI=1S/C17H18N2O6/c20-14(10-23-15-4-2-13(3-5-15)19(21)22)9-18-8-12-1-6-16-17(7-12)25-11-24-16/h1-7,14,18,20H,8-11H2/p+1/t14-/m1/s1. The number of fused-ring (bicyclic) bond motifs is 1. The lowest BCUT2D eigenvalue weighted by atomic mass is 10.2. The molecule has 0 amide bonds. The van der Waals surface area contributed by atoms with Crippen LogP contribution in [0.1, 0.15) is 5.56 Å². The van der Waals surface area contributed by atoms with Gasteiger partial charge in [0.25, 0.3) is 5.69 Å². The lowest BCUT2D eigenvalue weighted by molar-refractivity contribution is -0.676. The zero-order valence-corrected chi connectivity index (χ0v) is 13.5. The lowest BCUT2D eigenvalue weighted by Gasteiger charge is -2.11. The fourth-order valence-electron chi connectivity index (χ4n) is 2.43. The van der Waals surface area contributed by atoms with Crippen LogP contribution >= 0.6 is 0 Å². The van der Waals surface area contributed by atoms with Crippen LogP contribution in [0.3, 0.4) is 0 Å². The summed E-state index contributed by atoms with van der Waals surface area (Å²) in [6.07, 6.45) is -0.649. The summed E-state index contributed by atoms with van der Waals surface area (Å²) in [6.45, 7) is 1.54. The summed E-state index contributed by atoms with van der Waals surface area (Å²) < 4.78 is 16.0. The third-order valence-electron chi connectivity index (χ3n) is 3.75. The largest absolute Gasteiger partial charge is 0.491 e. The monoisotopic (exact) mass is 347 g/mol. The van der Waals surface area contributed by atoms with E-state index < -0.39 is 11.0 Å². The molecular weight excluding hydrogens is 328 g/mol. The second kappa shape index (κ2) is 7.82. The Morgan fingerprint density at radius 1 is 1.20 bits per heavy atom. The van der Waals surface area contributed by atoms with Crippen molar-refractivity contribution >= 4 is 5.69 Å². The Bertz CT molecular complexity index is 734. The zero-order chi connectivity index (χ0) is 17.6. The molecule has 0 spiro atoms. The topological polar surface area (TPSA) is 108 Å². The van der Waals surface area contributed by atoms with Gasteiger partial charge in [-0.1, -0.05) is 0 Å². The number of aliphatic hydroxyl groups excluding tert-OH is 1. The molecule has 0 aliphatic carbocycles. The molecule has 1 heterocycles. The molecule has 0 fully saturated rings. The predicted molar refractivity (Wildman–Crippen MR) is 87.7 cm³/mol. The van der Waals surface area contributed by atoms with Crippen molar-refractivity contribution < 1.29 is 29.6 Å². The van der Waals surface area contributed by atoms with Gasteiger partial charge in [0.05, 0.1) is 4.92 Å². The van der Waals surface area contributed by atoms with E-state index in [0.717, 1.165) is 17.1 Å². The van der Waals surface area contributed by atoms with Crippen LogP contribution in [0.15, 0.2) is 42.5 Å². The highest BCUT2D eigenvalue weighted by atomic mass is 16.7. The maximum absolute atomic E-state index is 10.6. The van der Waals surface area contributed by atoms with Crippen molar-refractivity contribution in [2.45, 2.75) is 12.6 Å². The van der Waals surface area contributed by atoms with Crippen molar-refractivity contribution in [3.8, 4) is 17.2 Å². The number of nitrogens with two attached hydrogens (primary N) is 1. The molecule has 2 aromatic carbocycles. The summed E-state index contributed by atoms with van der Waals surface area (Å²) in [5.74, 6) is 1.98. The van der Waals surface area contributed by atoms with Crippen molar-refractivity contribution in [1.29, 1.82) is 0 Å². The van der Waals surface area contributed by atoms with Gasteiger partial charge in [-0.25, -0.2) is 0 Å². The molecule has 0 radical (unpaired) electrons. The van der Waals surface area contributed by atoms with Gasteiger partial charge in [0.15, 0.2) is 11.5 Å². The highest BCUT2D eigenvalue weighted by Crippen LogP contribution is 2.32. The second-order valence-electron chi connectivity index (χ2n) is 5.63. The molecule has 0 saturated heterocycles. The smallest absolute Gasteiger partial charge is 0.269 e. The molecular formula is C17H19N2O6+. The Hall–Kier alpha value is -2.84. The number of benzene rings is 2. The van der Waals surface area contributed by atoms with Crippen molar-refractivity contribution in [2.24, 2.45) is 0 Å². The summed E-state index contributed by atoms with van der Waals surface area (Å²) in [5.41, 5.74) is 1.08. The first-order valence-corrected chi connectivity index (χ1v) is 7.87. The van der Waals surface area contributed by atoms with Gasteiger partial charge in [-0.15, -0.1) is 0 Å². The van der Waals surface area contributed by atoms with Gasteiger partial charge in [-0.3, -0.25) is 10.1 Å². The number of quaternary nitrogens is 1. The van der Waals surface area contributed by atoms with E-state index in [9.17, 15) is 15.2 Å². The number of hydrogen-bond acceptors (Lipinski definition) is 6. The Morgan fingerprint density at radius 2 is 1.96 bits per heavy atom. The van der Waals surface area contributed by atoms with E-state index in [1.165, 1.54) is 24.3 Å². The molecule has 3 N–H and O–H groups in total. The third-order valence-corrected chi connectivity index (χ3v) is 3.75. The van der Waals surface area contributed by atoms with Crippen LogP contribution in [-0.2, 0) is 6.54 Å². The molecule has 0 bridgehead atoms. The highest BCUT2D eigenvalue weighted by Gasteiger charge is 2.14. The van der Waals surface area contributed by atoms with Crippen LogP contribution < -0.4 is 19.5 Å². The SMILES string of the molecule is O=[N+]([O-])c1ccc(OC[C@H](O)C[NH2+]Cc2ccc3c(c2)OCO3)cc1. The Labute approximate surface area is 144 Å². The van der Waals surface area contributed by atoms with E-state index in [2.05, 4.69) is 0 Å². The summed E-state index contributed by atoms with van der Waals surface area (Å²) in [4.78, 5) is 10.1. The third kappa shape index (κ3) is 4.59. The van der Waals surface area contributed by atoms with Gasteiger partial charge in [0.1, 0.15) is 31.5 Å². The molecule has 2 aromatic rings. The van der Waals surface area contributed by atoms with Crippen LogP contribution in [0.25, 0.3) is 0 Å². The maximum Gasteiger partial charge on any atom is 0.269 e. The number of ether oxygens (including phenoxy) is 3. The van der Waals surface area contributed by atoms with Crippen LogP contribution in [0, 0.1) is 10.1 Å². The number of nitro groups is 1. The minimum absolute atomic E-state index is 0.00459. The average molecular weight is 347 g/mol. The van der Waals surface area contributed by atoms with E-state index in [1.54, 1.807) is 0 Å². The Morgan fingerprint density at radius 3 is 2.72 bits per heavy atom. The van der Waals surface area contributed by atoms with E-state index in [0.29, 0.717) is 18.8 Å². The Balaban J connectivity index is 1.39. The van der Waals surface area contributed by atoms with E-state index in [1.807, 2.05) is 23.5 Å². The van der Waals surface area contributed by atoms with Crippen molar-refractivity contribution in [3.63, 3.8) is 0 Å². The summed E-state index contributed by atoms with van der Waals surface area (Å²) >= 11 is 0. The van der Waals surface area contributed by atoms with Gasteiger partial charge in [-0.2, -0.15) is 0 Å². The van der Waals surface area contributed by atoms with E-state index >= 15 is 0 Å². The van der Waals surface area contributed by atoms with Gasteiger partial charge in [-0.05, 0) is 30.3 Å². The van der Waals surface area contributed by atoms with Crippen LogP contribution in [0.4, 0.5) is 5.69 Å². The van der Waals surface area contributed by atoms with Crippen molar-refractivity contribution in [1.82, 2.24) is 0 Å². The van der Waals surface area contributed by atoms with Gasteiger partial charge >= 0.3 is 0 Å². The maximum atomic E-state index is 10.6. The minimum Gasteiger partial charge on any atom is -0.491 e. The number of rotatable bonds is 8. The van der Waals surface area contributed by atoms with Crippen LogP contribution in [-0.4, -0.2) is 36.1 Å². The van der Waals surface area contributed by atoms with Gasteiger partial charge < -0.3 is 24.6 Å². The molecule has 1 aliphatic rings. The number of aliphatic hydroxyl groups is 1. The molecule has 25 heavy (non-hydrogen) atoms.